The van der Waals surface area contributed by atoms with Crippen LogP contribution in [-0.2, 0) is 4.79 Å². The Labute approximate surface area is 113 Å². The fourth-order valence-corrected chi connectivity index (χ4v) is 1.66. The molecule has 0 heterocycles. The highest BCUT2D eigenvalue weighted by molar-refractivity contribution is 5.78. The van der Waals surface area contributed by atoms with Gasteiger partial charge in [-0.3, -0.25) is 4.79 Å². The molecule has 0 aliphatic rings. The lowest BCUT2D eigenvalue weighted by Gasteiger charge is -2.28. The zero-order chi connectivity index (χ0) is 14.3. The standard InChI is InChI=1S/C14H22N2O3/c1-3-14(2,8-9-17)16-13(18)10-19-12-6-4-11(15)5-7-12/h4-7,17H,3,8-10,15H2,1-2H3,(H,16,18). The van der Waals surface area contributed by atoms with Gasteiger partial charge in [-0.05, 0) is 44.0 Å². The maximum atomic E-state index is 11.8. The number of nitrogens with two attached hydrogens (primary N) is 1. The summed E-state index contributed by atoms with van der Waals surface area (Å²) in [5.41, 5.74) is 5.82. The average Bonchev–Trinajstić information content (AvgIpc) is 2.38. The summed E-state index contributed by atoms with van der Waals surface area (Å²) in [4.78, 5) is 11.8. The number of nitrogens with one attached hydrogen (secondary N) is 1. The van der Waals surface area contributed by atoms with Crippen molar-refractivity contribution in [3.05, 3.63) is 24.3 Å². The molecule has 0 radical (unpaired) electrons. The van der Waals surface area contributed by atoms with Gasteiger partial charge >= 0.3 is 0 Å². The van der Waals surface area contributed by atoms with Gasteiger partial charge in [-0.15, -0.1) is 0 Å². The number of carbonyl (C=O) groups is 1. The van der Waals surface area contributed by atoms with E-state index in [0.717, 1.165) is 6.42 Å². The van der Waals surface area contributed by atoms with Gasteiger partial charge in [0.05, 0.1) is 0 Å². The molecule has 0 aliphatic heterocycles. The highest BCUT2D eigenvalue weighted by atomic mass is 16.5. The first-order valence-electron chi connectivity index (χ1n) is 6.39. The van der Waals surface area contributed by atoms with Crippen LogP contribution < -0.4 is 15.8 Å². The lowest BCUT2D eigenvalue weighted by Crippen LogP contribution is -2.47. The summed E-state index contributed by atoms with van der Waals surface area (Å²) in [6.45, 7) is 3.87. The molecule has 1 aromatic rings. The van der Waals surface area contributed by atoms with Crippen LogP contribution in [0.4, 0.5) is 5.69 Å². The number of anilines is 1. The quantitative estimate of drug-likeness (QED) is 0.650. The van der Waals surface area contributed by atoms with Crippen molar-refractivity contribution in [2.24, 2.45) is 0 Å². The normalized spacial score (nSPS) is 13.6. The number of aliphatic hydroxyl groups excluding tert-OH is 1. The Morgan fingerprint density at radius 2 is 2.05 bits per heavy atom. The highest BCUT2D eigenvalue weighted by Crippen LogP contribution is 2.15. The largest absolute Gasteiger partial charge is 0.484 e. The second kappa shape index (κ2) is 6.99. The number of hydrogen-bond acceptors (Lipinski definition) is 4. The van der Waals surface area contributed by atoms with Gasteiger partial charge in [-0.2, -0.15) is 0 Å². The molecule has 1 rings (SSSR count). The van der Waals surface area contributed by atoms with Crippen molar-refractivity contribution >= 4 is 11.6 Å². The average molecular weight is 266 g/mol. The first kappa shape index (κ1) is 15.3. The Hall–Kier alpha value is -1.75. The molecular weight excluding hydrogens is 244 g/mol. The van der Waals surface area contributed by atoms with Gasteiger partial charge in [0, 0.05) is 17.8 Å². The summed E-state index contributed by atoms with van der Waals surface area (Å²) in [6, 6.07) is 6.87. The smallest absolute Gasteiger partial charge is 0.258 e. The van der Waals surface area contributed by atoms with E-state index in [1.165, 1.54) is 0 Å². The van der Waals surface area contributed by atoms with Crippen molar-refractivity contribution in [2.45, 2.75) is 32.2 Å². The Balaban J connectivity index is 2.45. The highest BCUT2D eigenvalue weighted by Gasteiger charge is 2.23. The van der Waals surface area contributed by atoms with E-state index in [2.05, 4.69) is 5.32 Å². The zero-order valence-electron chi connectivity index (χ0n) is 11.5. The van der Waals surface area contributed by atoms with E-state index in [9.17, 15) is 4.79 Å². The SMILES string of the molecule is CCC(C)(CCO)NC(=O)COc1ccc(N)cc1. The van der Waals surface area contributed by atoms with E-state index >= 15 is 0 Å². The topological polar surface area (TPSA) is 84.6 Å². The minimum Gasteiger partial charge on any atom is -0.484 e. The first-order chi connectivity index (χ1) is 8.99. The number of benzene rings is 1. The maximum Gasteiger partial charge on any atom is 0.258 e. The fourth-order valence-electron chi connectivity index (χ4n) is 1.66. The molecule has 5 nitrogen and oxygen atoms in total. The van der Waals surface area contributed by atoms with Crippen molar-refractivity contribution in [1.82, 2.24) is 5.32 Å². The molecule has 0 aliphatic carbocycles. The molecule has 0 spiro atoms. The van der Waals surface area contributed by atoms with E-state index in [-0.39, 0.29) is 19.1 Å². The third kappa shape index (κ3) is 5.18. The van der Waals surface area contributed by atoms with Gasteiger partial charge in [-0.1, -0.05) is 6.92 Å². The van der Waals surface area contributed by atoms with E-state index in [4.69, 9.17) is 15.6 Å². The summed E-state index contributed by atoms with van der Waals surface area (Å²) in [5, 5.41) is 11.9. The van der Waals surface area contributed by atoms with E-state index < -0.39 is 5.54 Å². The minimum absolute atomic E-state index is 0.0451. The van der Waals surface area contributed by atoms with Crippen LogP contribution in [0.25, 0.3) is 0 Å². The fraction of sp³-hybridized carbons (Fsp3) is 0.500. The van der Waals surface area contributed by atoms with Crippen LogP contribution in [-0.4, -0.2) is 29.8 Å². The van der Waals surface area contributed by atoms with Gasteiger partial charge in [0.2, 0.25) is 0 Å². The number of hydrogen-bond donors (Lipinski definition) is 3. The lowest BCUT2D eigenvalue weighted by molar-refractivity contribution is -0.125. The maximum absolute atomic E-state index is 11.8. The molecule has 5 heteroatoms. The minimum atomic E-state index is -0.393. The van der Waals surface area contributed by atoms with E-state index in [0.29, 0.717) is 17.9 Å². The van der Waals surface area contributed by atoms with E-state index in [1.807, 2.05) is 13.8 Å². The second-order valence-electron chi connectivity index (χ2n) is 4.79. The molecule has 1 amide bonds. The zero-order valence-corrected chi connectivity index (χ0v) is 11.5. The van der Waals surface area contributed by atoms with Crippen molar-refractivity contribution in [3.8, 4) is 5.75 Å². The summed E-state index contributed by atoms with van der Waals surface area (Å²) >= 11 is 0. The van der Waals surface area contributed by atoms with Crippen LogP contribution in [0.15, 0.2) is 24.3 Å². The molecule has 1 aromatic carbocycles. The van der Waals surface area contributed by atoms with Gasteiger partial charge in [0.25, 0.3) is 5.91 Å². The number of nitrogen functional groups attached to an aromatic ring is 1. The number of amides is 1. The van der Waals surface area contributed by atoms with Crippen LogP contribution in [0.2, 0.25) is 0 Å². The Morgan fingerprint density at radius 1 is 1.42 bits per heavy atom. The lowest BCUT2D eigenvalue weighted by atomic mass is 9.95. The third-order valence-electron chi connectivity index (χ3n) is 3.14. The Bertz CT molecular complexity index is 406. The Morgan fingerprint density at radius 3 is 2.58 bits per heavy atom. The molecule has 0 bridgehead atoms. The second-order valence-corrected chi connectivity index (χ2v) is 4.79. The summed E-state index contributed by atoms with van der Waals surface area (Å²) < 4.78 is 5.36. The molecule has 106 valence electrons. The molecule has 1 atom stereocenters. The van der Waals surface area contributed by atoms with Crippen LogP contribution in [0.3, 0.4) is 0 Å². The molecular formula is C14H22N2O3. The predicted octanol–water partition coefficient (Wildman–Crippen LogP) is 1.31. The van der Waals surface area contributed by atoms with Gasteiger partial charge in [0.1, 0.15) is 5.75 Å². The number of carbonyl (C=O) groups excluding carboxylic acids is 1. The molecule has 19 heavy (non-hydrogen) atoms. The Kier molecular flexibility index (Phi) is 5.63. The summed E-state index contributed by atoms with van der Waals surface area (Å²) in [7, 11) is 0. The number of rotatable bonds is 7. The van der Waals surface area contributed by atoms with Gasteiger partial charge in [-0.25, -0.2) is 0 Å². The molecule has 0 saturated carbocycles. The monoisotopic (exact) mass is 266 g/mol. The van der Waals surface area contributed by atoms with E-state index in [1.54, 1.807) is 24.3 Å². The van der Waals surface area contributed by atoms with Gasteiger partial charge < -0.3 is 20.9 Å². The molecule has 0 fully saturated rings. The van der Waals surface area contributed by atoms with Crippen LogP contribution >= 0.6 is 0 Å². The third-order valence-corrected chi connectivity index (χ3v) is 3.14. The van der Waals surface area contributed by atoms with Crippen LogP contribution in [0.5, 0.6) is 5.75 Å². The predicted molar refractivity (Wildman–Crippen MR) is 74.9 cm³/mol. The van der Waals surface area contributed by atoms with Crippen molar-refractivity contribution in [1.29, 1.82) is 0 Å². The van der Waals surface area contributed by atoms with Crippen LogP contribution in [0, 0.1) is 0 Å². The molecule has 4 N–H and O–H groups in total. The van der Waals surface area contributed by atoms with Crippen molar-refractivity contribution in [2.75, 3.05) is 18.9 Å². The molecule has 0 aromatic heterocycles. The molecule has 0 saturated heterocycles. The van der Waals surface area contributed by atoms with Gasteiger partial charge in [0.15, 0.2) is 6.61 Å². The summed E-state index contributed by atoms with van der Waals surface area (Å²) in [5.74, 6) is 0.402. The van der Waals surface area contributed by atoms with Crippen molar-refractivity contribution in [3.63, 3.8) is 0 Å². The number of ether oxygens (including phenoxy) is 1. The van der Waals surface area contributed by atoms with Crippen LogP contribution in [0.1, 0.15) is 26.7 Å². The first-order valence-corrected chi connectivity index (χ1v) is 6.39. The molecule has 1 unspecified atom stereocenters. The number of aliphatic hydroxyl groups is 1. The summed E-state index contributed by atoms with van der Waals surface area (Å²) in [6.07, 6.45) is 1.28. The van der Waals surface area contributed by atoms with Crippen molar-refractivity contribution < 1.29 is 14.6 Å².